The summed E-state index contributed by atoms with van der Waals surface area (Å²) >= 11 is 0. The van der Waals surface area contributed by atoms with Crippen molar-refractivity contribution in [2.75, 3.05) is 20.1 Å². The van der Waals surface area contributed by atoms with Crippen LogP contribution in [0.15, 0.2) is 36.9 Å². The highest BCUT2D eigenvalue weighted by atomic mass is 16.4. The minimum atomic E-state index is -0.953. The second kappa shape index (κ2) is 8.09. The molecule has 1 rings (SSSR count). The molecule has 0 heterocycles. The maximum absolute atomic E-state index is 12.3. The summed E-state index contributed by atoms with van der Waals surface area (Å²) in [7, 11) is 1.74. The molecule has 1 aromatic rings. The van der Waals surface area contributed by atoms with E-state index in [2.05, 4.69) is 6.58 Å². The largest absolute Gasteiger partial charge is 0.478 e. The van der Waals surface area contributed by atoms with Crippen LogP contribution in [-0.4, -0.2) is 47.0 Å². The first-order valence-electron chi connectivity index (χ1n) is 6.92. The number of rotatable bonds is 7. The lowest BCUT2D eigenvalue weighted by molar-refractivity contribution is 0.0697. The third-order valence-corrected chi connectivity index (χ3v) is 3.06. The number of hydrogen-bond donors (Lipinski definition) is 1. The Balaban J connectivity index is 2.69. The van der Waals surface area contributed by atoms with Crippen molar-refractivity contribution >= 4 is 12.0 Å². The van der Waals surface area contributed by atoms with Crippen LogP contribution in [0.3, 0.4) is 0 Å². The Morgan fingerprint density at radius 3 is 2.38 bits per heavy atom. The molecule has 0 aliphatic carbocycles. The minimum absolute atomic E-state index is 0.0564. The van der Waals surface area contributed by atoms with Gasteiger partial charge in [-0.25, -0.2) is 9.59 Å². The van der Waals surface area contributed by atoms with E-state index < -0.39 is 5.97 Å². The molecule has 1 N–H and O–H groups in total. The van der Waals surface area contributed by atoms with Crippen molar-refractivity contribution in [3.05, 3.63) is 48.0 Å². The number of hydrogen-bond acceptors (Lipinski definition) is 2. The predicted octanol–water partition coefficient (Wildman–Crippen LogP) is 2.83. The van der Waals surface area contributed by atoms with Gasteiger partial charge >= 0.3 is 12.0 Å². The molecule has 0 saturated carbocycles. The fourth-order valence-corrected chi connectivity index (χ4v) is 2.03. The van der Waals surface area contributed by atoms with Crippen LogP contribution in [0, 0.1) is 0 Å². The number of nitrogens with zero attached hydrogens (tertiary/aromatic N) is 2. The molecule has 5 heteroatoms. The molecular weight excluding hydrogens is 268 g/mol. The maximum Gasteiger partial charge on any atom is 0.335 e. The van der Waals surface area contributed by atoms with Crippen molar-refractivity contribution in [1.29, 1.82) is 0 Å². The van der Waals surface area contributed by atoms with Crippen molar-refractivity contribution in [2.24, 2.45) is 0 Å². The number of carboxylic acids is 1. The Morgan fingerprint density at radius 2 is 1.90 bits per heavy atom. The maximum atomic E-state index is 12.3. The van der Waals surface area contributed by atoms with Gasteiger partial charge in [0.15, 0.2) is 0 Å². The molecule has 21 heavy (non-hydrogen) atoms. The second-order valence-corrected chi connectivity index (χ2v) is 4.88. The van der Waals surface area contributed by atoms with Crippen LogP contribution in [-0.2, 0) is 6.54 Å². The van der Waals surface area contributed by atoms with Gasteiger partial charge in [0.05, 0.1) is 5.56 Å². The molecule has 0 saturated heterocycles. The lowest BCUT2D eigenvalue weighted by Crippen LogP contribution is -2.41. The van der Waals surface area contributed by atoms with Gasteiger partial charge in [0.25, 0.3) is 0 Å². The topological polar surface area (TPSA) is 60.9 Å². The molecular formula is C16H22N2O3. The number of aromatic carboxylic acids is 1. The third kappa shape index (κ3) is 4.95. The van der Waals surface area contributed by atoms with E-state index in [9.17, 15) is 9.59 Å². The molecule has 0 unspecified atom stereocenters. The quantitative estimate of drug-likeness (QED) is 0.785. The monoisotopic (exact) mass is 290 g/mol. The van der Waals surface area contributed by atoms with Gasteiger partial charge in [-0.1, -0.05) is 25.1 Å². The molecule has 114 valence electrons. The highest BCUT2D eigenvalue weighted by Crippen LogP contribution is 2.09. The molecule has 0 atom stereocenters. The average molecular weight is 290 g/mol. The van der Waals surface area contributed by atoms with Gasteiger partial charge in [0, 0.05) is 26.7 Å². The van der Waals surface area contributed by atoms with Crippen LogP contribution in [0.1, 0.15) is 29.3 Å². The molecule has 0 fully saturated rings. The van der Waals surface area contributed by atoms with Gasteiger partial charge in [-0.2, -0.15) is 0 Å². The fraction of sp³-hybridized carbons (Fsp3) is 0.375. The summed E-state index contributed by atoms with van der Waals surface area (Å²) in [6.07, 6.45) is 2.60. The summed E-state index contributed by atoms with van der Waals surface area (Å²) in [5.74, 6) is -0.953. The molecule has 0 spiro atoms. The second-order valence-electron chi connectivity index (χ2n) is 4.88. The van der Waals surface area contributed by atoms with Crippen molar-refractivity contribution < 1.29 is 14.7 Å². The molecule has 0 aliphatic rings. The van der Waals surface area contributed by atoms with Crippen molar-refractivity contribution in [3.63, 3.8) is 0 Å². The van der Waals surface area contributed by atoms with E-state index in [1.807, 2.05) is 6.92 Å². The molecule has 0 radical (unpaired) electrons. The van der Waals surface area contributed by atoms with E-state index in [0.29, 0.717) is 19.6 Å². The van der Waals surface area contributed by atoms with Gasteiger partial charge in [-0.3, -0.25) is 0 Å². The van der Waals surface area contributed by atoms with E-state index >= 15 is 0 Å². The lowest BCUT2D eigenvalue weighted by atomic mass is 10.1. The Bertz CT molecular complexity index is 497. The summed E-state index contributed by atoms with van der Waals surface area (Å²) in [6, 6.07) is 6.49. The summed E-state index contributed by atoms with van der Waals surface area (Å²) in [6.45, 7) is 7.34. The smallest absolute Gasteiger partial charge is 0.335 e. The van der Waals surface area contributed by atoms with E-state index in [4.69, 9.17) is 5.11 Å². The van der Waals surface area contributed by atoms with Gasteiger partial charge < -0.3 is 14.9 Å². The summed E-state index contributed by atoms with van der Waals surface area (Å²) in [4.78, 5) is 26.5. The minimum Gasteiger partial charge on any atom is -0.478 e. The van der Waals surface area contributed by atoms with Crippen LogP contribution >= 0.6 is 0 Å². The normalized spacial score (nSPS) is 10.0. The Kier molecular flexibility index (Phi) is 6.46. The van der Waals surface area contributed by atoms with Gasteiger partial charge in [-0.15, -0.1) is 6.58 Å². The fourth-order valence-electron chi connectivity index (χ4n) is 2.03. The first-order valence-corrected chi connectivity index (χ1v) is 6.92. The zero-order chi connectivity index (χ0) is 15.8. The first kappa shape index (κ1) is 16.8. The first-order chi connectivity index (χ1) is 9.99. The van der Waals surface area contributed by atoms with E-state index in [0.717, 1.165) is 12.0 Å². The number of carbonyl (C=O) groups is 2. The van der Waals surface area contributed by atoms with Crippen molar-refractivity contribution in [3.8, 4) is 0 Å². The Hall–Kier alpha value is -2.30. The third-order valence-electron chi connectivity index (χ3n) is 3.06. The van der Waals surface area contributed by atoms with Gasteiger partial charge in [-0.05, 0) is 24.1 Å². The van der Waals surface area contributed by atoms with E-state index in [-0.39, 0.29) is 11.6 Å². The average Bonchev–Trinajstić information content (AvgIpc) is 2.46. The molecule has 2 amide bonds. The predicted molar refractivity (Wildman–Crippen MR) is 82.3 cm³/mol. The number of urea groups is 1. The van der Waals surface area contributed by atoms with Crippen LogP contribution in [0.5, 0.6) is 0 Å². The van der Waals surface area contributed by atoms with Crippen LogP contribution in [0.25, 0.3) is 0 Å². The van der Waals surface area contributed by atoms with Gasteiger partial charge in [0.1, 0.15) is 0 Å². The summed E-state index contributed by atoms with van der Waals surface area (Å²) < 4.78 is 0. The van der Waals surface area contributed by atoms with E-state index in [1.165, 1.54) is 0 Å². The standard InChI is InChI=1S/C16H22N2O3/c1-4-10-18(11-5-2)16(21)17(3)12-13-6-8-14(9-7-13)15(19)20/h4,6-9H,1,5,10-12H2,2-3H3,(H,19,20). The molecule has 0 aliphatic heterocycles. The highest BCUT2D eigenvalue weighted by molar-refractivity contribution is 5.87. The zero-order valence-corrected chi connectivity index (χ0v) is 12.6. The van der Waals surface area contributed by atoms with Crippen molar-refractivity contribution in [1.82, 2.24) is 9.80 Å². The molecule has 0 aromatic heterocycles. The molecule has 5 nitrogen and oxygen atoms in total. The van der Waals surface area contributed by atoms with Crippen molar-refractivity contribution in [2.45, 2.75) is 19.9 Å². The molecule has 0 bridgehead atoms. The summed E-state index contributed by atoms with van der Waals surface area (Å²) in [5.41, 5.74) is 1.14. The summed E-state index contributed by atoms with van der Waals surface area (Å²) in [5, 5.41) is 8.86. The SMILES string of the molecule is C=CCN(CCC)C(=O)N(C)Cc1ccc(C(=O)O)cc1. The van der Waals surface area contributed by atoms with Crippen LogP contribution in [0.4, 0.5) is 4.79 Å². The Labute approximate surface area is 125 Å². The van der Waals surface area contributed by atoms with Gasteiger partial charge in [0.2, 0.25) is 0 Å². The zero-order valence-electron chi connectivity index (χ0n) is 12.6. The Morgan fingerprint density at radius 1 is 1.29 bits per heavy atom. The highest BCUT2D eigenvalue weighted by Gasteiger charge is 2.16. The molecule has 1 aromatic carbocycles. The lowest BCUT2D eigenvalue weighted by Gasteiger charge is -2.27. The number of amides is 2. The van der Waals surface area contributed by atoms with Crippen LogP contribution in [0.2, 0.25) is 0 Å². The number of carboxylic acid groups (broad SMARTS) is 1. The van der Waals surface area contributed by atoms with Crippen LogP contribution < -0.4 is 0 Å². The number of benzene rings is 1. The number of carbonyl (C=O) groups excluding carboxylic acids is 1. The van der Waals surface area contributed by atoms with E-state index in [1.54, 1.807) is 47.2 Å².